The first-order chi connectivity index (χ1) is 10.5. The fourth-order valence-electron chi connectivity index (χ4n) is 2.42. The maximum Gasteiger partial charge on any atom is 0.326 e. The van der Waals surface area contributed by atoms with Gasteiger partial charge in [0.25, 0.3) is 12.6 Å². The van der Waals surface area contributed by atoms with Crippen LogP contribution in [-0.4, -0.2) is 28.8 Å². The lowest BCUT2D eigenvalue weighted by atomic mass is 10.1. The van der Waals surface area contributed by atoms with Crippen molar-refractivity contribution in [1.29, 1.82) is 0 Å². The summed E-state index contributed by atoms with van der Waals surface area (Å²) in [6.45, 7) is 8.51. The fraction of sp³-hybridized carbons (Fsp3) is 0.438. The zero-order valence-corrected chi connectivity index (χ0v) is 15.4. The predicted molar refractivity (Wildman–Crippen MR) is 82.1 cm³/mol. The van der Waals surface area contributed by atoms with Crippen molar-refractivity contribution in [3.63, 3.8) is 0 Å². The second-order valence-corrected chi connectivity index (χ2v) is 5.44. The van der Waals surface area contributed by atoms with Gasteiger partial charge in [-0.25, -0.2) is 0 Å². The molecule has 0 aliphatic heterocycles. The van der Waals surface area contributed by atoms with Crippen LogP contribution < -0.4 is 26.9 Å². The number of esters is 1. The third-order valence-corrected chi connectivity index (χ3v) is 3.36. The van der Waals surface area contributed by atoms with Gasteiger partial charge in [-0.3, -0.25) is 4.79 Å². The number of rotatable bonds is 6. The quantitative estimate of drug-likeness (QED) is 0.466. The average Bonchev–Trinajstić information content (AvgIpc) is 2.97. The van der Waals surface area contributed by atoms with E-state index in [1.165, 1.54) is 0 Å². The Morgan fingerprint density at radius 1 is 1.35 bits per heavy atom. The van der Waals surface area contributed by atoms with E-state index >= 15 is 0 Å². The van der Waals surface area contributed by atoms with Gasteiger partial charge in [-0.15, -0.1) is 5.10 Å². The molecule has 0 saturated carbocycles. The number of halogens is 1. The van der Waals surface area contributed by atoms with Crippen LogP contribution in [0.5, 0.6) is 0 Å². The number of nitrogens with zero attached hydrogens (tertiary/aromatic N) is 2. The molecule has 1 unspecified atom stereocenters. The first-order valence-electron chi connectivity index (χ1n) is 7.43. The molecule has 6 nitrogen and oxygen atoms in total. The van der Waals surface area contributed by atoms with Crippen molar-refractivity contribution in [2.45, 2.75) is 40.0 Å². The van der Waals surface area contributed by atoms with E-state index in [1.54, 1.807) is 24.1 Å². The van der Waals surface area contributed by atoms with Crippen LogP contribution in [0.4, 0.5) is 0 Å². The smallest absolute Gasteiger partial charge is 0.326 e. The second kappa shape index (κ2) is 8.79. The van der Waals surface area contributed by atoms with Gasteiger partial charge >= 0.3 is 5.97 Å². The van der Waals surface area contributed by atoms with Gasteiger partial charge in [0.2, 0.25) is 6.33 Å². The lowest BCUT2D eigenvalue weighted by molar-refractivity contribution is -0.746. The van der Waals surface area contributed by atoms with E-state index in [4.69, 9.17) is 4.74 Å². The summed E-state index contributed by atoms with van der Waals surface area (Å²) < 4.78 is 7.45. The van der Waals surface area contributed by atoms with Crippen molar-refractivity contribution in [2.75, 3.05) is 6.54 Å². The zero-order chi connectivity index (χ0) is 16.1. The van der Waals surface area contributed by atoms with Gasteiger partial charge in [0, 0.05) is 10.7 Å². The summed E-state index contributed by atoms with van der Waals surface area (Å²) in [7, 11) is 0. The van der Waals surface area contributed by atoms with Gasteiger partial charge in [-0.05, 0) is 39.4 Å². The molecular formula is C16H23BrN4O2. The molecule has 7 heteroatoms. The Labute approximate surface area is 147 Å². The molecular weight excluding hydrogens is 360 g/mol. The lowest BCUT2D eigenvalue weighted by Gasteiger charge is -2.19. The van der Waals surface area contributed by atoms with Crippen LogP contribution in [0.15, 0.2) is 30.9 Å². The van der Waals surface area contributed by atoms with Gasteiger partial charge in [0.1, 0.15) is 6.04 Å². The summed E-state index contributed by atoms with van der Waals surface area (Å²) in [5, 5.41) is 9.74. The topological polar surface area (TPSA) is 70.9 Å². The molecule has 2 atom stereocenters. The van der Waals surface area contributed by atoms with Crippen LogP contribution in [-0.2, 0) is 9.53 Å². The molecule has 126 valence electrons. The zero-order valence-electron chi connectivity index (χ0n) is 13.8. The minimum atomic E-state index is -0.536. The molecule has 1 aromatic carbocycles. The number of carbonyl (C=O) groups excluding carboxylic acids is 1. The number of H-pyrrole nitrogens is 1. The monoisotopic (exact) mass is 382 g/mol. The molecule has 23 heavy (non-hydrogen) atoms. The van der Waals surface area contributed by atoms with E-state index in [0.29, 0.717) is 6.54 Å². The second-order valence-electron chi connectivity index (χ2n) is 5.44. The molecule has 0 fully saturated rings. The van der Waals surface area contributed by atoms with E-state index in [1.807, 2.05) is 32.9 Å². The molecule has 0 aliphatic carbocycles. The Morgan fingerprint density at radius 3 is 2.52 bits per heavy atom. The standard InChI is InChI=1S/C16H22N4O2.BrH/c1-5-17-13(4)16(21)22-15(20-9-18-19-10-20)14-7-11(2)6-12(3)8-14;/h6-10,13,15,17H,5H2,1-4H3;1H/t13-,15?;/m0./s1. The largest absolute Gasteiger partial charge is 1.00 e. The summed E-state index contributed by atoms with van der Waals surface area (Å²) >= 11 is 0. The molecule has 1 heterocycles. The number of aromatic amines is 1. The minimum absolute atomic E-state index is 0. The highest BCUT2D eigenvalue weighted by molar-refractivity contribution is 5.75. The molecule has 0 bridgehead atoms. The highest BCUT2D eigenvalue weighted by atomic mass is 79.9. The minimum Gasteiger partial charge on any atom is -1.00 e. The Morgan fingerprint density at radius 2 is 2.00 bits per heavy atom. The molecule has 0 amide bonds. The number of nitrogens with one attached hydrogen (secondary N) is 2. The molecule has 0 spiro atoms. The highest BCUT2D eigenvalue weighted by Gasteiger charge is 2.25. The third-order valence-electron chi connectivity index (χ3n) is 3.36. The van der Waals surface area contributed by atoms with E-state index in [9.17, 15) is 4.79 Å². The number of ether oxygens (including phenoxy) is 1. The molecule has 1 aromatic heterocycles. The van der Waals surface area contributed by atoms with Crippen LogP contribution in [0.2, 0.25) is 0 Å². The van der Waals surface area contributed by atoms with Crippen LogP contribution in [0.25, 0.3) is 0 Å². The Hall–Kier alpha value is -1.73. The molecule has 2 aromatic rings. The van der Waals surface area contributed by atoms with Gasteiger partial charge in [0.05, 0.1) is 0 Å². The first-order valence-corrected chi connectivity index (χ1v) is 7.43. The van der Waals surface area contributed by atoms with Gasteiger partial charge in [-0.2, -0.15) is 4.57 Å². The fourth-order valence-corrected chi connectivity index (χ4v) is 2.42. The van der Waals surface area contributed by atoms with Crippen LogP contribution >= 0.6 is 0 Å². The molecule has 0 radical (unpaired) electrons. The van der Waals surface area contributed by atoms with Crippen LogP contribution in [0.1, 0.15) is 36.8 Å². The molecule has 2 N–H and O–H groups in total. The number of carbonyl (C=O) groups is 1. The first kappa shape index (κ1) is 19.3. The Kier molecular flexibility index (Phi) is 7.38. The summed E-state index contributed by atoms with van der Waals surface area (Å²) in [5.41, 5.74) is 3.17. The van der Waals surface area contributed by atoms with Crippen molar-refractivity contribution in [3.05, 3.63) is 47.5 Å². The highest BCUT2D eigenvalue weighted by Crippen LogP contribution is 2.18. The maximum absolute atomic E-state index is 12.3. The number of aromatic nitrogens is 3. The summed E-state index contributed by atoms with van der Waals surface area (Å²) in [5.74, 6) is -0.292. The van der Waals surface area contributed by atoms with Crippen LogP contribution in [0, 0.1) is 13.8 Å². The normalized spacial score (nSPS) is 13.0. The van der Waals surface area contributed by atoms with Gasteiger partial charge in [-0.1, -0.05) is 24.1 Å². The maximum atomic E-state index is 12.3. The Balaban J connectivity index is 0.00000264. The summed E-state index contributed by atoms with van der Waals surface area (Å²) in [4.78, 5) is 12.3. The van der Waals surface area contributed by atoms with E-state index in [2.05, 4.69) is 21.6 Å². The van der Waals surface area contributed by atoms with Gasteiger partial charge in [0.15, 0.2) is 0 Å². The number of hydrogen-bond donors (Lipinski definition) is 2. The lowest BCUT2D eigenvalue weighted by Crippen LogP contribution is -3.00. The van der Waals surface area contributed by atoms with Crippen molar-refractivity contribution in [3.8, 4) is 0 Å². The molecule has 2 rings (SSSR count). The third kappa shape index (κ3) is 5.14. The van der Waals surface area contributed by atoms with Crippen molar-refractivity contribution >= 4 is 5.97 Å². The molecule has 0 saturated heterocycles. The number of benzene rings is 1. The SMILES string of the molecule is CCN[C@@H](C)C(=O)OC(c1cc(C)cc(C)c1)[n+]1cn[nH]c1.[Br-]. The van der Waals surface area contributed by atoms with Crippen molar-refractivity contribution in [2.24, 2.45) is 0 Å². The average molecular weight is 383 g/mol. The van der Waals surface area contributed by atoms with Crippen molar-refractivity contribution < 1.29 is 31.1 Å². The molecule has 0 aliphatic rings. The summed E-state index contributed by atoms with van der Waals surface area (Å²) in [6, 6.07) is 5.76. The van der Waals surface area contributed by atoms with Crippen LogP contribution in [0.3, 0.4) is 0 Å². The van der Waals surface area contributed by atoms with E-state index < -0.39 is 6.23 Å². The van der Waals surface area contributed by atoms with E-state index in [-0.39, 0.29) is 29.0 Å². The van der Waals surface area contributed by atoms with E-state index in [0.717, 1.165) is 16.7 Å². The number of likely N-dealkylation sites (N-methyl/N-ethyl adjacent to an activating group) is 1. The number of aryl methyl sites for hydroxylation is 2. The Bertz CT molecular complexity index is 611. The summed E-state index contributed by atoms with van der Waals surface area (Å²) in [6.07, 6.45) is 2.74. The predicted octanol–water partition coefficient (Wildman–Crippen LogP) is -1.59. The number of hydrogen-bond acceptors (Lipinski definition) is 4. The van der Waals surface area contributed by atoms with Gasteiger partial charge < -0.3 is 27.0 Å². The van der Waals surface area contributed by atoms with Crippen molar-refractivity contribution in [1.82, 2.24) is 15.5 Å².